The minimum Gasteiger partial charge on any atom is -0.454 e. The second kappa shape index (κ2) is 5.36. The Balaban J connectivity index is 1.50. The highest BCUT2D eigenvalue weighted by molar-refractivity contribution is 5.76. The molecule has 0 radical (unpaired) electrons. The van der Waals surface area contributed by atoms with Crippen LogP contribution in [0.15, 0.2) is 18.2 Å². The van der Waals surface area contributed by atoms with E-state index in [2.05, 4.69) is 21.9 Å². The summed E-state index contributed by atoms with van der Waals surface area (Å²) in [5.41, 5.74) is 6.81. The van der Waals surface area contributed by atoms with Gasteiger partial charge in [0.1, 0.15) is 0 Å². The van der Waals surface area contributed by atoms with Crippen LogP contribution in [0.1, 0.15) is 24.3 Å². The zero-order chi connectivity index (χ0) is 16.3. The monoisotopic (exact) mass is 329 g/mol. The fraction of sp³-hybridized carbons (Fsp3) is 0.611. The molecular formula is C18H23N3O3. The van der Waals surface area contributed by atoms with Crippen LogP contribution >= 0.6 is 0 Å². The van der Waals surface area contributed by atoms with Gasteiger partial charge in [0, 0.05) is 24.5 Å². The highest BCUT2D eigenvalue weighted by Crippen LogP contribution is 2.47. The lowest BCUT2D eigenvalue weighted by atomic mass is 9.75. The molecule has 1 amide bonds. The van der Waals surface area contributed by atoms with Gasteiger partial charge in [0.25, 0.3) is 0 Å². The number of fused-ring (bicyclic) bond motifs is 3. The number of amides is 1. The van der Waals surface area contributed by atoms with Crippen molar-refractivity contribution in [2.24, 2.45) is 11.7 Å². The molecule has 0 saturated carbocycles. The molecule has 4 saturated heterocycles. The molecule has 2 N–H and O–H groups in total. The molecule has 4 fully saturated rings. The van der Waals surface area contributed by atoms with E-state index in [-0.39, 0.29) is 5.91 Å². The third-order valence-electron chi connectivity index (χ3n) is 6.28. The summed E-state index contributed by atoms with van der Waals surface area (Å²) >= 11 is 0. The van der Waals surface area contributed by atoms with E-state index in [0.717, 1.165) is 18.0 Å². The van der Waals surface area contributed by atoms with Gasteiger partial charge < -0.3 is 15.2 Å². The van der Waals surface area contributed by atoms with E-state index >= 15 is 0 Å². The van der Waals surface area contributed by atoms with Gasteiger partial charge in [0.05, 0.1) is 6.54 Å². The number of piperidine rings is 3. The Morgan fingerprint density at radius 1 is 1.17 bits per heavy atom. The van der Waals surface area contributed by atoms with E-state index in [1.54, 1.807) is 0 Å². The summed E-state index contributed by atoms with van der Waals surface area (Å²) in [6.45, 7) is 3.92. The normalized spacial score (nSPS) is 36.8. The number of benzene rings is 1. The molecule has 1 aromatic carbocycles. The number of hydrogen-bond donors (Lipinski definition) is 1. The van der Waals surface area contributed by atoms with E-state index in [1.165, 1.54) is 31.5 Å². The zero-order valence-electron chi connectivity index (χ0n) is 13.7. The predicted molar refractivity (Wildman–Crippen MR) is 87.9 cm³/mol. The number of carbonyl (C=O) groups excluding carboxylic acids is 1. The van der Waals surface area contributed by atoms with Crippen LogP contribution < -0.4 is 15.2 Å². The van der Waals surface area contributed by atoms with Crippen LogP contribution in [0, 0.1) is 5.92 Å². The first-order valence-corrected chi connectivity index (χ1v) is 8.86. The Bertz CT molecular complexity index is 671. The number of hydrogen-bond acceptors (Lipinski definition) is 5. The molecule has 5 aliphatic heterocycles. The smallest absolute Gasteiger partial charge is 0.231 e. The summed E-state index contributed by atoms with van der Waals surface area (Å²) < 4.78 is 11.0. The number of rotatable bonds is 3. The van der Waals surface area contributed by atoms with Crippen molar-refractivity contribution in [3.05, 3.63) is 23.8 Å². The highest BCUT2D eigenvalue weighted by Gasteiger charge is 2.53. The summed E-state index contributed by atoms with van der Waals surface area (Å²) in [6, 6.07) is 7.24. The third kappa shape index (κ3) is 2.13. The van der Waals surface area contributed by atoms with Crippen LogP contribution in [-0.2, 0) is 4.79 Å². The van der Waals surface area contributed by atoms with Crippen molar-refractivity contribution in [3.8, 4) is 11.5 Å². The number of primary amides is 1. The van der Waals surface area contributed by atoms with E-state index < -0.39 is 0 Å². The van der Waals surface area contributed by atoms with Gasteiger partial charge in [-0.2, -0.15) is 0 Å². The lowest BCUT2D eigenvalue weighted by Gasteiger charge is -2.51. The quantitative estimate of drug-likeness (QED) is 0.887. The van der Waals surface area contributed by atoms with E-state index in [4.69, 9.17) is 15.2 Å². The Labute approximate surface area is 141 Å². The van der Waals surface area contributed by atoms with Crippen molar-refractivity contribution in [3.63, 3.8) is 0 Å². The van der Waals surface area contributed by atoms with E-state index in [1.807, 2.05) is 6.07 Å². The van der Waals surface area contributed by atoms with Crippen molar-refractivity contribution in [2.45, 2.75) is 30.8 Å². The molecule has 5 heterocycles. The summed E-state index contributed by atoms with van der Waals surface area (Å²) in [7, 11) is 0. The Kier molecular flexibility index (Phi) is 3.25. The Hall–Kier alpha value is -1.79. The average molecular weight is 329 g/mol. The Morgan fingerprint density at radius 3 is 2.75 bits per heavy atom. The maximum Gasteiger partial charge on any atom is 0.231 e. The molecule has 3 atom stereocenters. The molecule has 6 heteroatoms. The molecular weight excluding hydrogens is 306 g/mol. The van der Waals surface area contributed by atoms with Crippen LogP contribution in [0.2, 0.25) is 0 Å². The average Bonchev–Trinajstić information content (AvgIpc) is 3.20. The van der Waals surface area contributed by atoms with Gasteiger partial charge in [-0.25, -0.2) is 0 Å². The SMILES string of the molecule is NC(=O)CN1C[C@H](c2ccc3c(c2)OCO3)[C@H]2[C@@H]1C1CCN2CC1. The lowest BCUT2D eigenvalue weighted by molar-refractivity contribution is -0.120. The first-order chi connectivity index (χ1) is 11.7. The second-order valence-electron chi connectivity index (χ2n) is 7.47. The van der Waals surface area contributed by atoms with Gasteiger partial charge in [-0.05, 0) is 49.5 Å². The molecule has 2 bridgehead atoms. The number of ether oxygens (including phenoxy) is 2. The molecule has 0 spiro atoms. The first-order valence-electron chi connectivity index (χ1n) is 8.86. The summed E-state index contributed by atoms with van der Waals surface area (Å²) in [6.07, 6.45) is 2.48. The van der Waals surface area contributed by atoms with Crippen molar-refractivity contribution in [2.75, 3.05) is 33.0 Å². The van der Waals surface area contributed by atoms with Gasteiger partial charge >= 0.3 is 0 Å². The zero-order valence-corrected chi connectivity index (χ0v) is 13.7. The molecule has 0 aliphatic carbocycles. The van der Waals surface area contributed by atoms with Crippen molar-refractivity contribution < 1.29 is 14.3 Å². The first kappa shape index (κ1) is 14.5. The van der Waals surface area contributed by atoms with E-state index in [9.17, 15) is 4.79 Å². The molecule has 24 heavy (non-hydrogen) atoms. The molecule has 6 nitrogen and oxygen atoms in total. The summed E-state index contributed by atoms with van der Waals surface area (Å²) in [5, 5.41) is 0. The maximum atomic E-state index is 11.6. The number of carbonyl (C=O) groups is 1. The largest absolute Gasteiger partial charge is 0.454 e. The molecule has 0 aromatic heterocycles. The fourth-order valence-electron chi connectivity index (χ4n) is 5.36. The maximum absolute atomic E-state index is 11.6. The van der Waals surface area contributed by atoms with E-state index in [0.29, 0.717) is 37.3 Å². The van der Waals surface area contributed by atoms with Crippen LogP contribution in [0.25, 0.3) is 0 Å². The van der Waals surface area contributed by atoms with Crippen LogP contribution in [0.4, 0.5) is 0 Å². The summed E-state index contributed by atoms with van der Waals surface area (Å²) in [5.74, 6) is 2.53. The number of nitrogens with zero attached hydrogens (tertiary/aromatic N) is 2. The minimum absolute atomic E-state index is 0.225. The standard InChI is InChI=1S/C18H23N3O3/c19-16(22)9-21-8-13(12-1-2-14-15(7-12)24-10-23-14)18-17(21)11-3-5-20(18)6-4-11/h1-2,7,11,13,17-18H,3-6,8-10H2,(H2,19,22)/t13-,17+,18+/m1/s1. The molecule has 6 rings (SSSR count). The summed E-state index contributed by atoms with van der Waals surface area (Å²) in [4.78, 5) is 16.5. The molecule has 5 aliphatic rings. The molecule has 128 valence electrons. The predicted octanol–water partition coefficient (Wildman–Crippen LogP) is 0.763. The highest BCUT2D eigenvalue weighted by atomic mass is 16.7. The van der Waals surface area contributed by atoms with Crippen LogP contribution in [0.3, 0.4) is 0 Å². The minimum atomic E-state index is -0.225. The van der Waals surface area contributed by atoms with Crippen LogP contribution in [-0.4, -0.2) is 60.8 Å². The lowest BCUT2D eigenvalue weighted by Crippen LogP contribution is -2.60. The topological polar surface area (TPSA) is 68.0 Å². The number of nitrogens with two attached hydrogens (primary N) is 1. The third-order valence-corrected chi connectivity index (χ3v) is 6.28. The van der Waals surface area contributed by atoms with Crippen molar-refractivity contribution in [1.82, 2.24) is 9.80 Å². The van der Waals surface area contributed by atoms with Crippen molar-refractivity contribution in [1.29, 1.82) is 0 Å². The fourth-order valence-corrected chi connectivity index (χ4v) is 5.36. The van der Waals surface area contributed by atoms with Gasteiger partial charge in [-0.15, -0.1) is 0 Å². The van der Waals surface area contributed by atoms with Crippen molar-refractivity contribution >= 4 is 5.91 Å². The van der Waals surface area contributed by atoms with Gasteiger partial charge in [-0.3, -0.25) is 14.6 Å². The van der Waals surface area contributed by atoms with Gasteiger partial charge in [0.2, 0.25) is 12.7 Å². The second-order valence-corrected chi connectivity index (χ2v) is 7.47. The Morgan fingerprint density at radius 2 is 1.96 bits per heavy atom. The molecule has 1 aromatic rings. The molecule has 0 unspecified atom stereocenters. The van der Waals surface area contributed by atoms with Gasteiger partial charge in [-0.1, -0.05) is 6.07 Å². The number of likely N-dealkylation sites (tertiary alicyclic amines) is 1. The van der Waals surface area contributed by atoms with Gasteiger partial charge in [0.15, 0.2) is 11.5 Å². The van der Waals surface area contributed by atoms with Crippen LogP contribution in [0.5, 0.6) is 11.5 Å².